The molecule has 15 heavy (non-hydrogen) atoms. The lowest BCUT2D eigenvalue weighted by molar-refractivity contribution is 0.339. The summed E-state index contributed by atoms with van der Waals surface area (Å²) in [6.45, 7) is 1.64. The van der Waals surface area contributed by atoms with Gasteiger partial charge in [0.1, 0.15) is 18.2 Å². The molecule has 5 heteroatoms. The Morgan fingerprint density at radius 2 is 2.13 bits per heavy atom. The van der Waals surface area contributed by atoms with Crippen LogP contribution in [0.15, 0.2) is 24.3 Å². The van der Waals surface area contributed by atoms with Crippen LogP contribution in [0.2, 0.25) is 0 Å². The number of rotatable bonds is 5. The van der Waals surface area contributed by atoms with Crippen molar-refractivity contribution in [1.29, 1.82) is 0 Å². The Labute approximate surface area is 88.8 Å². The van der Waals surface area contributed by atoms with Crippen molar-refractivity contribution < 1.29 is 17.5 Å². The van der Waals surface area contributed by atoms with Crippen molar-refractivity contribution in [2.75, 3.05) is 18.1 Å². The molecule has 0 radical (unpaired) electrons. The maximum absolute atomic E-state index is 12.7. The normalized spacial score (nSPS) is 11.3. The average Bonchev–Trinajstić information content (AvgIpc) is 2.18. The van der Waals surface area contributed by atoms with Crippen LogP contribution in [0, 0.1) is 5.82 Å². The highest BCUT2D eigenvalue weighted by molar-refractivity contribution is 7.91. The molecule has 0 aliphatic carbocycles. The molecule has 0 unspecified atom stereocenters. The van der Waals surface area contributed by atoms with E-state index >= 15 is 0 Å². The highest BCUT2D eigenvalue weighted by atomic mass is 32.2. The van der Waals surface area contributed by atoms with E-state index in [0.29, 0.717) is 5.75 Å². The van der Waals surface area contributed by atoms with Crippen molar-refractivity contribution in [1.82, 2.24) is 0 Å². The Balaban J connectivity index is 2.45. The van der Waals surface area contributed by atoms with Gasteiger partial charge in [0.25, 0.3) is 0 Å². The summed E-state index contributed by atoms with van der Waals surface area (Å²) in [5.74, 6) is 0.00615. The fourth-order valence-electron chi connectivity index (χ4n) is 0.988. The monoisotopic (exact) mass is 232 g/mol. The fraction of sp³-hybridized carbons (Fsp3) is 0.400. The maximum atomic E-state index is 12.7. The molecule has 0 saturated carbocycles. The Morgan fingerprint density at radius 1 is 1.40 bits per heavy atom. The van der Waals surface area contributed by atoms with E-state index in [1.807, 2.05) is 0 Å². The van der Waals surface area contributed by atoms with E-state index in [0.717, 1.165) is 0 Å². The largest absolute Gasteiger partial charge is 0.492 e. The third-order valence-corrected chi connectivity index (χ3v) is 3.57. The number of benzene rings is 1. The highest BCUT2D eigenvalue weighted by Crippen LogP contribution is 2.11. The quantitative estimate of drug-likeness (QED) is 0.775. The molecule has 0 aliphatic heterocycles. The van der Waals surface area contributed by atoms with Gasteiger partial charge in [0, 0.05) is 11.8 Å². The minimum absolute atomic E-state index is 0.0417. The van der Waals surface area contributed by atoms with Crippen LogP contribution in [0.5, 0.6) is 5.75 Å². The molecular formula is C10H13FO3S. The first-order chi connectivity index (χ1) is 7.03. The van der Waals surface area contributed by atoms with Gasteiger partial charge in [0.05, 0.1) is 5.75 Å². The lowest BCUT2D eigenvalue weighted by Crippen LogP contribution is -2.15. The van der Waals surface area contributed by atoms with Crippen molar-refractivity contribution in [3.63, 3.8) is 0 Å². The van der Waals surface area contributed by atoms with Crippen LogP contribution in [0.4, 0.5) is 4.39 Å². The number of hydrogen-bond acceptors (Lipinski definition) is 3. The average molecular weight is 232 g/mol. The molecule has 0 bridgehead atoms. The summed E-state index contributed by atoms with van der Waals surface area (Å²) in [7, 11) is -3.02. The summed E-state index contributed by atoms with van der Waals surface area (Å²) in [4.78, 5) is 0. The molecule has 1 aromatic rings. The molecule has 0 amide bonds. The number of halogens is 1. The zero-order valence-electron chi connectivity index (χ0n) is 8.44. The van der Waals surface area contributed by atoms with Gasteiger partial charge in [-0.2, -0.15) is 0 Å². The molecule has 0 aromatic heterocycles. The second-order valence-corrected chi connectivity index (χ2v) is 5.51. The van der Waals surface area contributed by atoms with Gasteiger partial charge in [0.2, 0.25) is 0 Å². The van der Waals surface area contributed by atoms with Crippen molar-refractivity contribution in [2.45, 2.75) is 6.92 Å². The van der Waals surface area contributed by atoms with Gasteiger partial charge >= 0.3 is 0 Å². The van der Waals surface area contributed by atoms with Crippen LogP contribution in [-0.2, 0) is 9.84 Å². The van der Waals surface area contributed by atoms with Crippen LogP contribution in [-0.4, -0.2) is 26.5 Å². The van der Waals surface area contributed by atoms with Crippen LogP contribution in [0.1, 0.15) is 6.92 Å². The summed E-state index contributed by atoms with van der Waals surface area (Å²) in [6.07, 6.45) is 0. The van der Waals surface area contributed by atoms with Gasteiger partial charge in [0.15, 0.2) is 9.84 Å². The van der Waals surface area contributed by atoms with E-state index in [9.17, 15) is 12.8 Å². The van der Waals surface area contributed by atoms with Crippen LogP contribution in [0.3, 0.4) is 0 Å². The molecule has 0 fully saturated rings. The van der Waals surface area contributed by atoms with Gasteiger partial charge in [-0.3, -0.25) is 0 Å². The van der Waals surface area contributed by atoms with Gasteiger partial charge in [-0.15, -0.1) is 0 Å². The SMILES string of the molecule is CCS(=O)(=O)CCOc1cccc(F)c1. The third-order valence-electron chi connectivity index (χ3n) is 1.90. The highest BCUT2D eigenvalue weighted by Gasteiger charge is 2.07. The minimum atomic E-state index is -3.02. The molecule has 3 nitrogen and oxygen atoms in total. The van der Waals surface area contributed by atoms with E-state index in [1.54, 1.807) is 13.0 Å². The molecule has 0 spiro atoms. The summed E-state index contributed by atoms with van der Waals surface area (Å²) in [5.41, 5.74) is 0. The van der Waals surface area contributed by atoms with Gasteiger partial charge in [-0.25, -0.2) is 12.8 Å². The minimum Gasteiger partial charge on any atom is -0.492 e. The zero-order valence-corrected chi connectivity index (χ0v) is 9.26. The summed E-state index contributed by atoms with van der Waals surface area (Å²) < 4.78 is 40.0. The molecule has 1 rings (SSSR count). The lowest BCUT2D eigenvalue weighted by atomic mass is 10.3. The predicted molar refractivity (Wildman–Crippen MR) is 56.2 cm³/mol. The summed E-state index contributed by atoms with van der Waals surface area (Å²) in [6, 6.07) is 5.62. The smallest absolute Gasteiger partial charge is 0.153 e. The van der Waals surface area contributed by atoms with E-state index < -0.39 is 15.7 Å². The number of ether oxygens (including phenoxy) is 1. The molecular weight excluding hydrogens is 219 g/mol. The Hall–Kier alpha value is -1.10. The first-order valence-electron chi connectivity index (χ1n) is 4.62. The first-order valence-corrected chi connectivity index (χ1v) is 6.44. The van der Waals surface area contributed by atoms with Crippen molar-refractivity contribution >= 4 is 9.84 Å². The van der Waals surface area contributed by atoms with Gasteiger partial charge in [-0.1, -0.05) is 13.0 Å². The van der Waals surface area contributed by atoms with Crippen molar-refractivity contribution in [2.24, 2.45) is 0 Å². The summed E-state index contributed by atoms with van der Waals surface area (Å²) >= 11 is 0. The molecule has 0 saturated heterocycles. The Kier molecular flexibility index (Phi) is 4.08. The van der Waals surface area contributed by atoms with E-state index in [-0.39, 0.29) is 18.1 Å². The molecule has 1 aromatic carbocycles. The van der Waals surface area contributed by atoms with Gasteiger partial charge in [-0.05, 0) is 12.1 Å². The van der Waals surface area contributed by atoms with Crippen molar-refractivity contribution in [3.8, 4) is 5.75 Å². The van der Waals surface area contributed by atoms with Crippen LogP contribution < -0.4 is 4.74 Å². The van der Waals surface area contributed by atoms with E-state index in [4.69, 9.17) is 4.74 Å². The first kappa shape index (κ1) is 12.0. The van der Waals surface area contributed by atoms with E-state index in [2.05, 4.69) is 0 Å². The molecule has 0 atom stereocenters. The van der Waals surface area contributed by atoms with Crippen molar-refractivity contribution in [3.05, 3.63) is 30.1 Å². The van der Waals surface area contributed by atoms with Crippen LogP contribution >= 0.6 is 0 Å². The Morgan fingerprint density at radius 3 is 2.73 bits per heavy atom. The summed E-state index contributed by atoms with van der Waals surface area (Å²) in [5, 5.41) is 0. The Bertz CT molecular complexity index is 414. The molecule has 0 N–H and O–H groups in total. The fourth-order valence-corrected chi connectivity index (χ4v) is 1.61. The van der Waals surface area contributed by atoms with Crippen LogP contribution in [0.25, 0.3) is 0 Å². The second-order valence-electron chi connectivity index (χ2n) is 3.04. The predicted octanol–water partition coefficient (Wildman–Crippen LogP) is 1.64. The van der Waals surface area contributed by atoms with Gasteiger partial charge < -0.3 is 4.74 Å². The maximum Gasteiger partial charge on any atom is 0.153 e. The second kappa shape index (κ2) is 5.11. The lowest BCUT2D eigenvalue weighted by Gasteiger charge is -2.05. The number of sulfone groups is 1. The zero-order chi connectivity index (χ0) is 11.3. The molecule has 0 aliphatic rings. The molecule has 0 heterocycles. The third kappa shape index (κ3) is 4.29. The number of hydrogen-bond donors (Lipinski definition) is 0. The topological polar surface area (TPSA) is 43.4 Å². The standard InChI is InChI=1S/C10H13FO3S/c1-2-15(12,13)7-6-14-10-5-3-4-9(11)8-10/h3-5,8H,2,6-7H2,1H3. The van der Waals surface area contributed by atoms with E-state index in [1.165, 1.54) is 18.2 Å². The molecule has 84 valence electrons.